The molecule has 1 aromatic rings. The van der Waals surface area contributed by atoms with Crippen LogP contribution in [0.4, 0.5) is 0 Å². The molecule has 3 nitrogen and oxygen atoms in total. The Labute approximate surface area is 121 Å². The normalized spacial score (nSPS) is 14.6. The Morgan fingerprint density at radius 2 is 1.89 bits per heavy atom. The van der Waals surface area contributed by atoms with Gasteiger partial charge in [0.15, 0.2) is 9.84 Å². The van der Waals surface area contributed by atoms with E-state index in [1.165, 1.54) is 15.3 Å². The van der Waals surface area contributed by atoms with Crippen LogP contribution in [0.25, 0.3) is 0 Å². The zero-order chi connectivity index (χ0) is 14.8. The van der Waals surface area contributed by atoms with E-state index in [4.69, 9.17) is 0 Å². The molecule has 0 amide bonds. The summed E-state index contributed by atoms with van der Waals surface area (Å²) in [4.78, 5) is 2.60. The Kier molecular flexibility index (Phi) is 5.21. The third-order valence-corrected chi connectivity index (χ3v) is 6.89. The molecule has 0 saturated carbocycles. The van der Waals surface area contributed by atoms with Crippen molar-refractivity contribution in [2.24, 2.45) is 0 Å². The van der Waals surface area contributed by atoms with Gasteiger partial charge in [0.05, 0.1) is 10.5 Å². The minimum atomic E-state index is -3.04. The summed E-state index contributed by atoms with van der Waals surface area (Å²) in [5.41, 5.74) is 1.27. The molecule has 0 aliphatic heterocycles. The van der Waals surface area contributed by atoms with E-state index in [1.54, 1.807) is 32.1 Å². The second kappa shape index (κ2) is 5.94. The second-order valence-electron chi connectivity index (χ2n) is 5.98. The first-order chi connectivity index (χ1) is 8.54. The highest BCUT2D eigenvalue weighted by Gasteiger charge is 2.28. The monoisotopic (exact) mass is 303 g/mol. The van der Waals surface area contributed by atoms with E-state index in [-0.39, 0.29) is 11.8 Å². The molecule has 1 aromatic heterocycles. The van der Waals surface area contributed by atoms with Crippen molar-refractivity contribution >= 4 is 21.2 Å². The molecular weight excluding hydrogens is 278 g/mol. The average molecular weight is 303 g/mol. The summed E-state index contributed by atoms with van der Waals surface area (Å²) in [6.07, 6.45) is 0. The van der Waals surface area contributed by atoms with Crippen LogP contribution >= 0.6 is 11.3 Å². The smallest absolute Gasteiger partial charge is 0.156 e. The minimum absolute atomic E-state index is 0.184. The molecular formula is C14H25NO2S2. The third-order valence-electron chi connectivity index (χ3n) is 3.30. The van der Waals surface area contributed by atoms with Gasteiger partial charge in [0, 0.05) is 22.3 Å². The van der Waals surface area contributed by atoms with Crippen LogP contribution in [-0.4, -0.2) is 25.5 Å². The molecule has 0 radical (unpaired) electrons. The lowest BCUT2D eigenvalue weighted by atomic mass is 10.1. The van der Waals surface area contributed by atoms with Gasteiger partial charge in [0.25, 0.3) is 0 Å². The van der Waals surface area contributed by atoms with Gasteiger partial charge < -0.3 is 5.32 Å². The molecule has 0 spiro atoms. The van der Waals surface area contributed by atoms with E-state index in [2.05, 4.69) is 32.2 Å². The third kappa shape index (κ3) is 4.29. The number of hydrogen-bond acceptors (Lipinski definition) is 4. The summed E-state index contributed by atoms with van der Waals surface area (Å²) in [6, 6.07) is 2.37. The summed E-state index contributed by atoms with van der Waals surface area (Å²) in [6.45, 7) is 12.0. The van der Waals surface area contributed by atoms with E-state index in [9.17, 15) is 8.42 Å². The Hall–Kier alpha value is -0.390. The van der Waals surface area contributed by atoms with E-state index >= 15 is 0 Å². The minimum Gasteiger partial charge on any atom is -0.309 e. The summed E-state index contributed by atoms with van der Waals surface area (Å²) >= 11 is 1.78. The van der Waals surface area contributed by atoms with Crippen LogP contribution in [0, 0.1) is 13.8 Å². The maximum Gasteiger partial charge on any atom is 0.156 e. The van der Waals surface area contributed by atoms with Crippen molar-refractivity contribution in [1.82, 2.24) is 5.32 Å². The van der Waals surface area contributed by atoms with Crippen LogP contribution in [0.1, 0.15) is 49.1 Å². The van der Waals surface area contributed by atoms with Gasteiger partial charge >= 0.3 is 0 Å². The first-order valence-corrected chi connectivity index (χ1v) is 9.04. The zero-order valence-corrected chi connectivity index (χ0v) is 14.3. The van der Waals surface area contributed by atoms with Crippen LogP contribution in [0.15, 0.2) is 6.07 Å². The molecule has 0 aliphatic rings. The predicted molar refractivity (Wildman–Crippen MR) is 83.8 cm³/mol. The number of hydrogen-bond donors (Lipinski definition) is 1. The van der Waals surface area contributed by atoms with Crippen molar-refractivity contribution in [3.8, 4) is 0 Å². The van der Waals surface area contributed by atoms with Crippen molar-refractivity contribution in [1.29, 1.82) is 0 Å². The highest BCUT2D eigenvalue weighted by atomic mass is 32.2. The molecule has 1 atom stereocenters. The molecule has 1 unspecified atom stereocenters. The van der Waals surface area contributed by atoms with Crippen molar-refractivity contribution in [2.45, 2.75) is 52.3 Å². The number of thiophene rings is 1. The fourth-order valence-electron chi connectivity index (χ4n) is 1.91. The maximum atomic E-state index is 12.0. The average Bonchev–Trinajstić information content (AvgIpc) is 2.55. The Morgan fingerprint density at radius 3 is 2.32 bits per heavy atom. The fourth-order valence-corrected chi connectivity index (χ4v) is 3.93. The second-order valence-corrected chi connectivity index (χ2v) is 10.3. The zero-order valence-electron chi connectivity index (χ0n) is 12.7. The summed E-state index contributed by atoms with van der Waals surface area (Å²) in [5.74, 6) is 0.184. The lowest BCUT2D eigenvalue weighted by Gasteiger charge is -2.20. The molecule has 0 saturated heterocycles. The largest absolute Gasteiger partial charge is 0.309 e. The number of nitrogens with one attached hydrogen (secondary N) is 1. The van der Waals surface area contributed by atoms with Gasteiger partial charge in [-0.25, -0.2) is 8.42 Å². The van der Waals surface area contributed by atoms with Crippen LogP contribution in [-0.2, 0) is 9.84 Å². The Morgan fingerprint density at radius 1 is 1.32 bits per heavy atom. The van der Waals surface area contributed by atoms with E-state index in [1.807, 2.05) is 0 Å². The first kappa shape index (κ1) is 16.7. The SMILES string of the molecule is Cc1cc(C(C)NCCS(=O)(=O)C(C)(C)C)c(C)s1. The first-order valence-electron chi connectivity index (χ1n) is 6.57. The predicted octanol–water partition coefficient (Wildman–Crippen LogP) is 3.23. The lowest BCUT2D eigenvalue weighted by molar-refractivity contribution is 0.546. The van der Waals surface area contributed by atoms with Gasteiger partial charge in [0.1, 0.15) is 0 Å². The maximum absolute atomic E-state index is 12.0. The molecule has 1 N–H and O–H groups in total. The number of sulfone groups is 1. The molecule has 110 valence electrons. The highest BCUT2D eigenvalue weighted by molar-refractivity contribution is 7.92. The summed E-state index contributed by atoms with van der Waals surface area (Å²) in [7, 11) is -3.04. The standard InChI is InChI=1S/C14H25NO2S2/c1-10-9-13(12(3)18-10)11(2)15-7-8-19(16,17)14(4,5)6/h9,11,15H,7-8H2,1-6H3. The molecule has 1 heterocycles. The van der Waals surface area contributed by atoms with Crippen molar-refractivity contribution in [3.63, 3.8) is 0 Å². The summed E-state index contributed by atoms with van der Waals surface area (Å²) in [5, 5.41) is 3.31. The quantitative estimate of drug-likeness (QED) is 0.908. The Balaban J connectivity index is 2.57. The van der Waals surface area contributed by atoms with Gasteiger partial charge in [-0.15, -0.1) is 11.3 Å². The van der Waals surface area contributed by atoms with Crippen molar-refractivity contribution in [3.05, 3.63) is 21.4 Å². The van der Waals surface area contributed by atoms with Crippen LogP contribution in [0.2, 0.25) is 0 Å². The summed E-state index contributed by atoms with van der Waals surface area (Å²) < 4.78 is 23.3. The van der Waals surface area contributed by atoms with E-state index in [0.717, 1.165) is 0 Å². The molecule has 0 aromatic carbocycles. The number of rotatable bonds is 5. The topological polar surface area (TPSA) is 46.2 Å². The van der Waals surface area contributed by atoms with Crippen LogP contribution in [0.3, 0.4) is 0 Å². The Bertz CT molecular complexity index is 524. The van der Waals surface area contributed by atoms with Crippen LogP contribution in [0.5, 0.6) is 0 Å². The lowest BCUT2D eigenvalue weighted by Crippen LogP contribution is -2.35. The number of aryl methyl sites for hydroxylation is 2. The van der Waals surface area contributed by atoms with Gasteiger partial charge in [-0.3, -0.25) is 0 Å². The van der Waals surface area contributed by atoms with E-state index < -0.39 is 14.6 Å². The van der Waals surface area contributed by atoms with Gasteiger partial charge in [0.2, 0.25) is 0 Å². The molecule has 0 fully saturated rings. The fraction of sp³-hybridized carbons (Fsp3) is 0.714. The highest BCUT2D eigenvalue weighted by Crippen LogP contribution is 2.26. The van der Waals surface area contributed by atoms with E-state index in [0.29, 0.717) is 6.54 Å². The van der Waals surface area contributed by atoms with Gasteiger partial charge in [-0.1, -0.05) is 0 Å². The van der Waals surface area contributed by atoms with Gasteiger partial charge in [-0.2, -0.15) is 0 Å². The molecule has 5 heteroatoms. The van der Waals surface area contributed by atoms with Crippen LogP contribution < -0.4 is 5.32 Å². The molecule has 0 aliphatic carbocycles. The molecule has 0 bridgehead atoms. The molecule has 1 rings (SSSR count). The van der Waals surface area contributed by atoms with Gasteiger partial charge in [-0.05, 0) is 53.2 Å². The van der Waals surface area contributed by atoms with Crippen molar-refractivity contribution < 1.29 is 8.42 Å². The van der Waals surface area contributed by atoms with Crippen molar-refractivity contribution in [2.75, 3.05) is 12.3 Å². The molecule has 19 heavy (non-hydrogen) atoms.